The SMILES string of the molecule is CCNC(C)CCS(=O)c1ccc(Cl)c(Cl)c1. The number of rotatable bonds is 6. The Morgan fingerprint density at radius 3 is 2.65 bits per heavy atom. The van der Waals surface area contributed by atoms with Gasteiger partial charge in [-0.2, -0.15) is 0 Å². The third-order valence-electron chi connectivity index (χ3n) is 2.44. The highest BCUT2D eigenvalue weighted by atomic mass is 35.5. The van der Waals surface area contributed by atoms with E-state index in [1.807, 2.05) is 0 Å². The Labute approximate surface area is 115 Å². The quantitative estimate of drug-likeness (QED) is 0.870. The van der Waals surface area contributed by atoms with Crippen LogP contribution in [-0.4, -0.2) is 22.5 Å². The van der Waals surface area contributed by atoms with Crippen molar-refractivity contribution < 1.29 is 4.21 Å². The second kappa shape index (κ2) is 7.37. The van der Waals surface area contributed by atoms with E-state index in [0.717, 1.165) is 17.9 Å². The van der Waals surface area contributed by atoms with Crippen LogP contribution in [0, 0.1) is 0 Å². The zero-order valence-electron chi connectivity index (χ0n) is 10.0. The van der Waals surface area contributed by atoms with Crippen LogP contribution in [0.5, 0.6) is 0 Å². The molecule has 2 atom stereocenters. The Bertz CT molecular complexity index is 398. The minimum absolute atomic E-state index is 0.381. The van der Waals surface area contributed by atoms with Crippen molar-refractivity contribution in [2.24, 2.45) is 0 Å². The van der Waals surface area contributed by atoms with Crippen LogP contribution in [0.4, 0.5) is 0 Å². The average Bonchev–Trinajstić information content (AvgIpc) is 2.30. The van der Waals surface area contributed by atoms with Gasteiger partial charge >= 0.3 is 0 Å². The first kappa shape index (κ1) is 15.0. The summed E-state index contributed by atoms with van der Waals surface area (Å²) in [6.07, 6.45) is 0.876. The summed E-state index contributed by atoms with van der Waals surface area (Å²) in [4.78, 5) is 0.739. The maximum absolute atomic E-state index is 12.0. The van der Waals surface area contributed by atoms with Crippen molar-refractivity contribution in [3.8, 4) is 0 Å². The molecule has 1 aromatic carbocycles. The van der Waals surface area contributed by atoms with Gasteiger partial charge < -0.3 is 5.32 Å². The topological polar surface area (TPSA) is 29.1 Å². The summed E-state index contributed by atoms with van der Waals surface area (Å²) >= 11 is 11.7. The second-order valence-electron chi connectivity index (χ2n) is 3.87. The standard InChI is InChI=1S/C12H17Cl2NOS/c1-3-15-9(2)6-7-17(16)10-4-5-11(13)12(14)8-10/h4-5,8-9,15H,3,6-7H2,1-2H3. The largest absolute Gasteiger partial charge is 0.315 e. The van der Waals surface area contributed by atoms with Gasteiger partial charge in [0.05, 0.1) is 20.8 Å². The minimum Gasteiger partial charge on any atom is -0.315 e. The van der Waals surface area contributed by atoms with Crippen molar-refractivity contribution in [1.82, 2.24) is 5.32 Å². The molecule has 1 aromatic rings. The molecule has 1 N–H and O–H groups in total. The van der Waals surface area contributed by atoms with E-state index in [-0.39, 0.29) is 0 Å². The highest BCUT2D eigenvalue weighted by Gasteiger charge is 2.08. The number of nitrogens with one attached hydrogen (secondary N) is 1. The third kappa shape index (κ3) is 4.96. The average molecular weight is 294 g/mol. The molecule has 5 heteroatoms. The van der Waals surface area contributed by atoms with Crippen molar-refractivity contribution in [3.63, 3.8) is 0 Å². The molecule has 0 amide bonds. The lowest BCUT2D eigenvalue weighted by molar-refractivity contribution is 0.553. The lowest BCUT2D eigenvalue weighted by Crippen LogP contribution is -2.27. The molecule has 2 unspecified atom stereocenters. The molecular weight excluding hydrogens is 277 g/mol. The van der Waals surface area contributed by atoms with Gasteiger partial charge in [0, 0.05) is 16.7 Å². The fourth-order valence-electron chi connectivity index (χ4n) is 1.47. The summed E-state index contributed by atoms with van der Waals surface area (Å²) in [6.45, 7) is 5.09. The lowest BCUT2D eigenvalue weighted by Gasteiger charge is -2.11. The van der Waals surface area contributed by atoms with Gasteiger partial charge in [-0.3, -0.25) is 4.21 Å². The number of hydrogen-bond donors (Lipinski definition) is 1. The van der Waals surface area contributed by atoms with Gasteiger partial charge in [-0.1, -0.05) is 30.1 Å². The lowest BCUT2D eigenvalue weighted by atomic mass is 10.3. The molecule has 0 radical (unpaired) electrons. The van der Waals surface area contributed by atoms with Gasteiger partial charge in [0.15, 0.2) is 0 Å². The number of benzene rings is 1. The molecular formula is C12H17Cl2NOS. The van der Waals surface area contributed by atoms with Crippen LogP contribution >= 0.6 is 23.2 Å². The molecule has 0 heterocycles. The van der Waals surface area contributed by atoms with E-state index in [0.29, 0.717) is 21.8 Å². The Hall–Kier alpha value is -0.0900. The molecule has 0 spiro atoms. The molecule has 0 aliphatic rings. The molecule has 0 bridgehead atoms. The molecule has 0 aliphatic carbocycles. The van der Waals surface area contributed by atoms with Crippen LogP contribution in [0.3, 0.4) is 0 Å². The highest BCUT2D eigenvalue weighted by molar-refractivity contribution is 7.85. The molecule has 0 aliphatic heterocycles. The van der Waals surface area contributed by atoms with E-state index >= 15 is 0 Å². The molecule has 0 aromatic heterocycles. The summed E-state index contributed by atoms with van der Waals surface area (Å²) in [6, 6.07) is 5.51. The first-order chi connectivity index (χ1) is 8.04. The normalized spacial score (nSPS) is 14.6. The Morgan fingerprint density at radius 2 is 2.06 bits per heavy atom. The van der Waals surface area contributed by atoms with Crippen molar-refractivity contribution in [3.05, 3.63) is 28.2 Å². The van der Waals surface area contributed by atoms with Crippen LogP contribution in [0.25, 0.3) is 0 Å². The van der Waals surface area contributed by atoms with Gasteiger partial charge in [-0.15, -0.1) is 0 Å². The van der Waals surface area contributed by atoms with Gasteiger partial charge in [-0.25, -0.2) is 0 Å². The van der Waals surface area contributed by atoms with E-state index in [1.54, 1.807) is 18.2 Å². The monoisotopic (exact) mass is 293 g/mol. The van der Waals surface area contributed by atoms with Gasteiger partial charge in [-0.05, 0) is 38.1 Å². The van der Waals surface area contributed by atoms with Crippen molar-refractivity contribution >= 4 is 34.0 Å². The number of halogens is 2. The molecule has 17 heavy (non-hydrogen) atoms. The van der Waals surface area contributed by atoms with Crippen LogP contribution in [-0.2, 0) is 10.8 Å². The fraction of sp³-hybridized carbons (Fsp3) is 0.500. The van der Waals surface area contributed by atoms with Gasteiger partial charge in [0.2, 0.25) is 0 Å². The predicted octanol–water partition coefficient (Wildman–Crippen LogP) is 3.49. The Balaban J connectivity index is 2.55. The van der Waals surface area contributed by atoms with Gasteiger partial charge in [0.25, 0.3) is 0 Å². The summed E-state index contributed by atoms with van der Waals surface area (Å²) in [5.41, 5.74) is 0. The first-order valence-electron chi connectivity index (χ1n) is 5.61. The van der Waals surface area contributed by atoms with Crippen LogP contribution in [0.15, 0.2) is 23.1 Å². The van der Waals surface area contributed by atoms with E-state index < -0.39 is 10.8 Å². The molecule has 2 nitrogen and oxygen atoms in total. The molecule has 1 rings (SSSR count). The van der Waals surface area contributed by atoms with Gasteiger partial charge in [0.1, 0.15) is 0 Å². The van der Waals surface area contributed by atoms with E-state index in [1.165, 1.54) is 0 Å². The van der Waals surface area contributed by atoms with E-state index in [9.17, 15) is 4.21 Å². The van der Waals surface area contributed by atoms with Crippen molar-refractivity contribution in [2.45, 2.75) is 31.2 Å². The van der Waals surface area contributed by atoms with Crippen molar-refractivity contribution in [2.75, 3.05) is 12.3 Å². The Kier molecular flexibility index (Phi) is 6.49. The fourth-order valence-corrected chi connectivity index (χ4v) is 3.11. The van der Waals surface area contributed by atoms with Crippen LogP contribution in [0.2, 0.25) is 10.0 Å². The number of hydrogen-bond acceptors (Lipinski definition) is 2. The van der Waals surface area contributed by atoms with Crippen LogP contribution < -0.4 is 5.32 Å². The zero-order valence-corrected chi connectivity index (χ0v) is 12.3. The maximum Gasteiger partial charge on any atom is 0.0604 e. The molecule has 0 saturated carbocycles. The first-order valence-corrected chi connectivity index (χ1v) is 7.69. The van der Waals surface area contributed by atoms with Crippen molar-refractivity contribution in [1.29, 1.82) is 0 Å². The highest BCUT2D eigenvalue weighted by Crippen LogP contribution is 2.24. The summed E-state index contributed by atoms with van der Waals surface area (Å²) in [7, 11) is -1.01. The third-order valence-corrected chi connectivity index (χ3v) is 4.57. The Morgan fingerprint density at radius 1 is 1.35 bits per heavy atom. The second-order valence-corrected chi connectivity index (χ2v) is 6.26. The summed E-state index contributed by atoms with van der Waals surface area (Å²) < 4.78 is 12.0. The van der Waals surface area contributed by atoms with E-state index in [4.69, 9.17) is 23.2 Å². The maximum atomic E-state index is 12.0. The molecule has 96 valence electrons. The summed E-state index contributed by atoms with van der Waals surface area (Å²) in [5.74, 6) is 0.631. The zero-order chi connectivity index (χ0) is 12.8. The minimum atomic E-state index is -1.01. The smallest absolute Gasteiger partial charge is 0.0604 e. The predicted molar refractivity (Wildman–Crippen MR) is 75.5 cm³/mol. The molecule has 0 fully saturated rings. The van der Waals surface area contributed by atoms with Crippen LogP contribution in [0.1, 0.15) is 20.3 Å². The van der Waals surface area contributed by atoms with E-state index in [2.05, 4.69) is 19.2 Å². The molecule has 0 saturated heterocycles. The summed E-state index contributed by atoms with van der Waals surface area (Å²) in [5, 5.41) is 4.24.